The van der Waals surface area contributed by atoms with Crippen molar-refractivity contribution in [2.45, 2.75) is 65.3 Å². The van der Waals surface area contributed by atoms with Crippen molar-refractivity contribution in [3.05, 3.63) is 47.2 Å². The van der Waals surface area contributed by atoms with Crippen LogP contribution in [0.4, 0.5) is 5.69 Å². The molecular formula is C20H26N2O2. The third-order valence-electron chi connectivity index (χ3n) is 4.58. The molecule has 0 bridgehead atoms. The first-order valence-electron chi connectivity index (χ1n) is 8.64. The SMILES string of the molecule is Cc1nc(C(C)(C)C)oc1CCC(=O)N1c2ccccc2CC1C. The lowest BCUT2D eigenvalue weighted by Gasteiger charge is -2.22. The maximum absolute atomic E-state index is 12.8. The number of carbonyl (C=O) groups excluding carboxylic acids is 1. The molecule has 1 aromatic carbocycles. The summed E-state index contributed by atoms with van der Waals surface area (Å²) in [4.78, 5) is 19.2. The van der Waals surface area contributed by atoms with E-state index in [4.69, 9.17) is 4.42 Å². The van der Waals surface area contributed by atoms with Gasteiger partial charge in [-0.25, -0.2) is 4.98 Å². The van der Waals surface area contributed by atoms with Crippen molar-refractivity contribution < 1.29 is 9.21 Å². The Morgan fingerprint density at radius 2 is 2.04 bits per heavy atom. The van der Waals surface area contributed by atoms with E-state index in [2.05, 4.69) is 38.7 Å². The highest BCUT2D eigenvalue weighted by molar-refractivity contribution is 5.96. The predicted octanol–water partition coefficient (Wildman–Crippen LogP) is 4.19. The molecule has 3 rings (SSSR count). The lowest BCUT2D eigenvalue weighted by atomic mass is 9.97. The number of nitrogens with zero attached hydrogens (tertiary/aromatic N) is 2. The van der Waals surface area contributed by atoms with Gasteiger partial charge in [-0.15, -0.1) is 0 Å². The molecular weight excluding hydrogens is 300 g/mol. The third kappa shape index (κ3) is 3.10. The number of carbonyl (C=O) groups is 1. The van der Waals surface area contributed by atoms with E-state index in [1.54, 1.807) is 0 Å². The van der Waals surface area contributed by atoms with Crippen LogP contribution in [0.25, 0.3) is 0 Å². The summed E-state index contributed by atoms with van der Waals surface area (Å²) in [5.74, 6) is 1.72. The largest absolute Gasteiger partial charge is 0.445 e. The number of rotatable bonds is 3. The van der Waals surface area contributed by atoms with Gasteiger partial charge in [-0.05, 0) is 31.9 Å². The topological polar surface area (TPSA) is 46.3 Å². The van der Waals surface area contributed by atoms with E-state index in [0.717, 1.165) is 29.5 Å². The molecule has 0 aliphatic carbocycles. The number of fused-ring (bicyclic) bond motifs is 1. The minimum absolute atomic E-state index is 0.116. The maximum Gasteiger partial charge on any atom is 0.227 e. The van der Waals surface area contributed by atoms with Gasteiger partial charge in [-0.1, -0.05) is 39.0 Å². The zero-order valence-corrected chi connectivity index (χ0v) is 15.2. The second-order valence-corrected chi connectivity index (χ2v) is 7.72. The Kier molecular flexibility index (Phi) is 4.24. The Hall–Kier alpha value is -2.10. The van der Waals surface area contributed by atoms with Crippen LogP contribution in [0.3, 0.4) is 0 Å². The van der Waals surface area contributed by atoms with E-state index in [1.807, 2.05) is 30.0 Å². The van der Waals surface area contributed by atoms with Gasteiger partial charge >= 0.3 is 0 Å². The summed E-state index contributed by atoms with van der Waals surface area (Å²) < 4.78 is 5.91. The Bertz CT molecular complexity index is 755. The molecule has 2 heterocycles. The summed E-state index contributed by atoms with van der Waals surface area (Å²) in [7, 11) is 0. The molecule has 4 heteroatoms. The molecule has 1 aliphatic heterocycles. The zero-order chi connectivity index (χ0) is 17.5. The minimum Gasteiger partial charge on any atom is -0.445 e. The Balaban J connectivity index is 1.72. The molecule has 1 aromatic heterocycles. The van der Waals surface area contributed by atoms with Gasteiger partial charge in [0, 0.05) is 30.0 Å². The van der Waals surface area contributed by atoms with Crippen LogP contribution in [-0.4, -0.2) is 16.9 Å². The van der Waals surface area contributed by atoms with Gasteiger partial charge in [-0.3, -0.25) is 4.79 Å². The van der Waals surface area contributed by atoms with Crippen LogP contribution >= 0.6 is 0 Å². The molecule has 0 N–H and O–H groups in total. The van der Waals surface area contributed by atoms with E-state index in [1.165, 1.54) is 5.56 Å². The first-order valence-corrected chi connectivity index (χ1v) is 8.64. The molecule has 128 valence electrons. The molecule has 0 saturated carbocycles. The summed E-state index contributed by atoms with van der Waals surface area (Å²) in [5, 5.41) is 0. The Morgan fingerprint density at radius 3 is 2.71 bits per heavy atom. The first kappa shape index (κ1) is 16.7. The summed E-state index contributed by atoms with van der Waals surface area (Å²) >= 11 is 0. The van der Waals surface area contributed by atoms with Crippen molar-refractivity contribution in [2.75, 3.05) is 4.90 Å². The average molecular weight is 326 g/mol. The Labute approximate surface area is 143 Å². The summed E-state index contributed by atoms with van der Waals surface area (Å²) in [6.45, 7) is 10.3. The number of amides is 1. The normalized spacial score (nSPS) is 17.2. The monoisotopic (exact) mass is 326 g/mol. The van der Waals surface area contributed by atoms with Gasteiger partial charge in [0.05, 0.1) is 5.69 Å². The summed E-state index contributed by atoms with van der Waals surface area (Å²) in [6.07, 6.45) is 1.97. The smallest absolute Gasteiger partial charge is 0.227 e. The van der Waals surface area contributed by atoms with E-state index in [9.17, 15) is 4.79 Å². The van der Waals surface area contributed by atoms with Crippen LogP contribution in [0.1, 0.15) is 57.0 Å². The lowest BCUT2D eigenvalue weighted by molar-refractivity contribution is -0.118. The van der Waals surface area contributed by atoms with Gasteiger partial charge in [0.1, 0.15) is 5.76 Å². The number of anilines is 1. The maximum atomic E-state index is 12.8. The number of para-hydroxylation sites is 1. The molecule has 0 fully saturated rings. The molecule has 1 amide bonds. The molecule has 0 spiro atoms. The van der Waals surface area contributed by atoms with Crippen molar-refractivity contribution in [3.8, 4) is 0 Å². The molecule has 1 aliphatic rings. The fourth-order valence-corrected chi connectivity index (χ4v) is 3.27. The van der Waals surface area contributed by atoms with Crippen molar-refractivity contribution in [1.82, 2.24) is 4.98 Å². The number of benzene rings is 1. The third-order valence-corrected chi connectivity index (χ3v) is 4.58. The zero-order valence-electron chi connectivity index (χ0n) is 15.2. The number of aromatic nitrogens is 1. The summed E-state index contributed by atoms with van der Waals surface area (Å²) in [5.41, 5.74) is 3.08. The van der Waals surface area contributed by atoms with Gasteiger partial charge < -0.3 is 9.32 Å². The van der Waals surface area contributed by atoms with E-state index in [0.29, 0.717) is 12.8 Å². The van der Waals surface area contributed by atoms with Crippen molar-refractivity contribution in [2.24, 2.45) is 0 Å². The highest BCUT2D eigenvalue weighted by Crippen LogP contribution is 2.32. The van der Waals surface area contributed by atoms with E-state index >= 15 is 0 Å². The van der Waals surface area contributed by atoms with Gasteiger partial charge in [0.2, 0.25) is 5.91 Å². The highest BCUT2D eigenvalue weighted by Gasteiger charge is 2.30. The second-order valence-electron chi connectivity index (χ2n) is 7.72. The molecule has 0 saturated heterocycles. The predicted molar refractivity (Wildman–Crippen MR) is 95.4 cm³/mol. The second kappa shape index (κ2) is 6.08. The summed E-state index contributed by atoms with van der Waals surface area (Å²) in [6, 6.07) is 8.39. The molecule has 0 radical (unpaired) electrons. The van der Waals surface area contributed by atoms with Gasteiger partial charge in [0.25, 0.3) is 0 Å². The average Bonchev–Trinajstić information content (AvgIpc) is 3.04. The number of oxazole rings is 1. The van der Waals surface area contributed by atoms with Crippen LogP contribution in [0, 0.1) is 6.92 Å². The van der Waals surface area contributed by atoms with Crippen LogP contribution in [-0.2, 0) is 23.1 Å². The van der Waals surface area contributed by atoms with Crippen molar-refractivity contribution >= 4 is 11.6 Å². The van der Waals surface area contributed by atoms with Crippen LogP contribution < -0.4 is 4.90 Å². The first-order chi connectivity index (χ1) is 11.3. The van der Waals surface area contributed by atoms with Crippen LogP contribution in [0.5, 0.6) is 0 Å². The van der Waals surface area contributed by atoms with Crippen molar-refractivity contribution in [1.29, 1.82) is 0 Å². The molecule has 24 heavy (non-hydrogen) atoms. The van der Waals surface area contributed by atoms with Crippen LogP contribution in [0.15, 0.2) is 28.7 Å². The molecule has 1 atom stereocenters. The van der Waals surface area contributed by atoms with E-state index in [-0.39, 0.29) is 17.4 Å². The fourth-order valence-electron chi connectivity index (χ4n) is 3.27. The number of hydrogen-bond donors (Lipinski definition) is 0. The van der Waals surface area contributed by atoms with Crippen LogP contribution in [0.2, 0.25) is 0 Å². The molecule has 2 aromatic rings. The minimum atomic E-state index is -0.116. The standard InChI is InChI=1S/C20H26N2O2/c1-13-12-15-8-6-7-9-16(15)22(13)18(23)11-10-17-14(2)21-19(24-17)20(3,4)5/h6-9,13H,10-12H2,1-5H3. The molecule has 4 nitrogen and oxygen atoms in total. The molecule has 1 unspecified atom stereocenters. The quantitative estimate of drug-likeness (QED) is 0.849. The number of hydrogen-bond acceptors (Lipinski definition) is 3. The number of aryl methyl sites for hydroxylation is 2. The lowest BCUT2D eigenvalue weighted by Crippen LogP contribution is -2.35. The van der Waals surface area contributed by atoms with Gasteiger partial charge in [-0.2, -0.15) is 0 Å². The fraction of sp³-hybridized carbons (Fsp3) is 0.500. The Morgan fingerprint density at radius 1 is 1.33 bits per heavy atom. The van der Waals surface area contributed by atoms with Crippen molar-refractivity contribution in [3.63, 3.8) is 0 Å². The highest BCUT2D eigenvalue weighted by atomic mass is 16.4. The van der Waals surface area contributed by atoms with Gasteiger partial charge in [0.15, 0.2) is 5.89 Å². The van der Waals surface area contributed by atoms with E-state index < -0.39 is 0 Å².